The molecule has 12 heterocycles. The Balaban J connectivity index is 0.000000143. The van der Waals surface area contributed by atoms with Crippen molar-refractivity contribution in [2.45, 2.75) is 175 Å². The van der Waals surface area contributed by atoms with E-state index in [1.807, 2.05) is 64.7 Å². The fourth-order valence-corrected chi connectivity index (χ4v) is 18.3. The number of benzene rings is 4. The summed E-state index contributed by atoms with van der Waals surface area (Å²) in [6.07, 6.45) is 19.5. The van der Waals surface area contributed by atoms with Gasteiger partial charge in [0, 0.05) is 203 Å². The number of likely N-dealkylation sites (N-methyl/N-ethyl adjacent to an activating group) is 3. The molecule has 4 fully saturated rings. The summed E-state index contributed by atoms with van der Waals surface area (Å²) in [5.74, 6) is 2.27. The van der Waals surface area contributed by atoms with Crippen molar-refractivity contribution in [2.24, 2.45) is 17.8 Å². The highest BCUT2D eigenvalue weighted by Gasteiger charge is 2.33. The number of hydrogen-bond donors (Lipinski definition) is 6. The first-order valence-electron chi connectivity index (χ1n) is 44.8. The lowest BCUT2D eigenvalue weighted by molar-refractivity contribution is -0.325. The van der Waals surface area contributed by atoms with Gasteiger partial charge in [0.2, 0.25) is 16.8 Å². The first-order valence-corrected chi connectivity index (χ1v) is 45.6. The number of fused-ring (bicyclic) bond motifs is 4. The number of aromatic nitrogens is 11. The van der Waals surface area contributed by atoms with Crippen LogP contribution in [0.25, 0.3) is 43.6 Å². The van der Waals surface area contributed by atoms with E-state index in [-0.39, 0.29) is 53.3 Å². The number of anilines is 4. The van der Waals surface area contributed by atoms with E-state index >= 15 is 0 Å². The van der Waals surface area contributed by atoms with Crippen molar-refractivity contribution < 1.29 is 45.9 Å². The number of ketones is 3. The Labute approximate surface area is 734 Å². The number of nitrogens with one attached hydrogen (secondary N) is 6. The molecule has 125 heavy (non-hydrogen) atoms. The van der Waals surface area contributed by atoms with Crippen molar-refractivity contribution in [3.05, 3.63) is 179 Å². The molecule has 0 aliphatic carbocycles. The number of hydrogen-bond acceptors (Lipinski definition) is 22. The van der Waals surface area contributed by atoms with Crippen LogP contribution in [0, 0.1) is 17.8 Å². The molecule has 670 valence electrons. The molecule has 31 heteroatoms. The summed E-state index contributed by atoms with van der Waals surface area (Å²) in [5, 5.41) is 25.3. The van der Waals surface area contributed by atoms with Crippen molar-refractivity contribution in [1.82, 2.24) is 80.2 Å². The van der Waals surface area contributed by atoms with Gasteiger partial charge in [0.25, 0.3) is 17.9 Å². The van der Waals surface area contributed by atoms with Crippen LogP contribution in [0.15, 0.2) is 143 Å². The quantitative estimate of drug-likeness (QED) is 0.0204. The minimum absolute atomic E-state index is 0.0407. The zero-order chi connectivity index (χ0) is 88.1. The summed E-state index contributed by atoms with van der Waals surface area (Å²) >= 11 is 1.45. The molecule has 1 amide bonds. The SMILES string of the molecule is CCCC(CC(=O)c1cnc(N2CCN(CCOC(F)(F)F)CC2)o1)Cc1c[nH]c2ccccc12.CCCC(CC(=O)c1nc(N2CCN(C)C(C)C2)n[nH]1)Cc1c[nH]c2ccccc12.CCCC(CC(=O)c1nnc(N2CCN(C)C(C)C2)s1)Cc1c[nH]c2ccccc12.CCCC(Cc1c[nH]c2ccccc12)NC(=O)c1cnc(N2CCN(C)C(C)C2)o1. The fraction of sp³-hybridized carbons (Fsp3) is 0.511. The lowest BCUT2D eigenvalue weighted by Gasteiger charge is -2.37. The minimum atomic E-state index is -4.60. The van der Waals surface area contributed by atoms with Gasteiger partial charge < -0.3 is 68.4 Å². The van der Waals surface area contributed by atoms with E-state index < -0.39 is 13.0 Å². The number of carbonyl (C=O) groups is 4. The van der Waals surface area contributed by atoms with E-state index in [0.29, 0.717) is 104 Å². The number of Topliss-reactive ketones (excluding diaryl/α,β-unsaturated/α-hetero) is 3. The number of ether oxygens (including phenoxy) is 1. The molecule has 12 aromatic rings. The third-order valence-corrected chi connectivity index (χ3v) is 26.1. The Morgan fingerprint density at radius 1 is 0.504 bits per heavy atom. The first-order chi connectivity index (χ1) is 60.5. The standard InChI is InChI=1S/C25H31F3N4O3.C23H32N6O.C23H31N5O2.C23H31N5OS/c1-2-5-18(14-19-16-29-21-7-4-3-6-20(19)21)15-22(33)23-17-30-24(35-23)32-10-8-31(9-11-32)12-13-34-25(26,27)28;1-4-7-17(12-18-14-24-20-9-6-5-8-19(18)20)13-21(30)22-25-23(27-26-22)29-11-10-28(3)16(2)15-29;1-4-7-18(12-17-13-24-20-9-6-5-8-19(17)20)26-22(29)21-14-25-23(30-21)28-11-10-27(3)16(2)15-28;1-4-7-17(12-18-14-24-20-9-6-5-8-19(18)20)13-21(29)22-25-26-23(30-22)28-11-10-27(3)16(2)15-28/h3-4,6-7,16-18,29H,2,5,8-15H2,1H3;5-6,8-9,14,16-17,24H,4,7,10-13,15H2,1-3H3,(H,25,26,27);5-6,8-9,13-14,16,18,24H,4,7,10-12,15H2,1-3H3,(H,26,29);5-6,8-9,14,16-17,24H,4,7,10-13,15H2,1-3H3. The van der Waals surface area contributed by atoms with Gasteiger partial charge in [-0.05, 0) is 158 Å². The van der Waals surface area contributed by atoms with Crippen LogP contribution in [-0.4, -0.2) is 248 Å². The number of oxazole rings is 2. The average molecular weight is 1740 g/mol. The minimum Gasteiger partial charge on any atom is -0.420 e. The topological polar surface area (TPSA) is 298 Å². The van der Waals surface area contributed by atoms with Crippen molar-refractivity contribution in [3.8, 4) is 0 Å². The van der Waals surface area contributed by atoms with Crippen LogP contribution in [-0.2, 0) is 30.4 Å². The number of alkyl halides is 3. The third-order valence-electron chi connectivity index (χ3n) is 25.1. The van der Waals surface area contributed by atoms with E-state index in [1.54, 1.807) is 6.20 Å². The Morgan fingerprint density at radius 2 is 0.920 bits per heavy atom. The normalized spacial score (nSPS) is 18.0. The molecule has 0 bridgehead atoms. The van der Waals surface area contributed by atoms with Crippen LogP contribution in [0.1, 0.15) is 183 Å². The number of rotatable bonds is 34. The summed E-state index contributed by atoms with van der Waals surface area (Å²) in [7, 11) is 6.41. The van der Waals surface area contributed by atoms with Gasteiger partial charge in [-0.1, -0.05) is 138 Å². The van der Waals surface area contributed by atoms with Crippen LogP contribution in [0.4, 0.5) is 36.3 Å². The van der Waals surface area contributed by atoms with Crippen LogP contribution in [0.2, 0.25) is 0 Å². The number of para-hydroxylation sites is 4. The highest BCUT2D eigenvalue weighted by molar-refractivity contribution is 7.17. The number of halogens is 3. The van der Waals surface area contributed by atoms with Gasteiger partial charge >= 0.3 is 6.36 Å². The maximum Gasteiger partial charge on any atom is 0.522 e. The summed E-state index contributed by atoms with van der Waals surface area (Å²) in [5.41, 5.74) is 9.52. The second-order valence-electron chi connectivity index (χ2n) is 34.4. The Hall–Kier alpha value is -10.6. The molecular weight excluding hydrogens is 1610 g/mol. The van der Waals surface area contributed by atoms with Crippen molar-refractivity contribution in [3.63, 3.8) is 0 Å². The molecule has 4 aromatic carbocycles. The van der Waals surface area contributed by atoms with Crippen LogP contribution >= 0.6 is 11.3 Å². The summed E-state index contributed by atoms with van der Waals surface area (Å²) in [4.78, 5) is 95.7. The largest absolute Gasteiger partial charge is 0.522 e. The third kappa shape index (κ3) is 25.0. The monoisotopic (exact) mass is 1730 g/mol. The van der Waals surface area contributed by atoms with Gasteiger partial charge in [0.05, 0.1) is 19.0 Å². The molecule has 6 N–H and O–H groups in total. The molecule has 4 aliphatic rings. The van der Waals surface area contributed by atoms with Gasteiger partial charge in [-0.15, -0.1) is 28.5 Å². The maximum atomic E-state index is 13.0. The molecule has 27 nitrogen and oxygen atoms in total. The summed E-state index contributed by atoms with van der Waals surface area (Å²) in [6, 6.07) is 35.4. The number of piperazine rings is 4. The number of H-pyrrole nitrogens is 5. The van der Waals surface area contributed by atoms with Crippen molar-refractivity contribution in [1.29, 1.82) is 0 Å². The van der Waals surface area contributed by atoms with Crippen LogP contribution < -0.4 is 24.9 Å². The molecular formula is C94H125F3N20O7S. The zero-order valence-corrected chi connectivity index (χ0v) is 74.9. The molecule has 4 saturated heterocycles. The molecule has 4 aliphatic heterocycles. The zero-order valence-electron chi connectivity index (χ0n) is 74.1. The van der Waals surface area contributed by atoms with E-state index in [2.05, 4.69) is 231 Å². The highest BCUT2D eigenvalue weighted by Crippen LogP contribution is 2.33. The van der Waals surface area contributed by atoms with Gasteiger partial charge in [-0.25, -0.2) is 9.97 Å². The summed E-state index contributed by atoms with van der Waals surface area (Å²) < 4.78 is 51.9. The second kappa shape index (κ2) is 44.0. The van der Waals surface area contributed by atoms with E-state index in [4.69, 9.17) is 8.83 Å². The lowest BCUT2D eigenvalue weighted by atomic mass is 9.90. The predicted octanol–water partition coefficient (Wildman–Crippen LogP) is 16.5. The lowest BCUT2D eigenvalue weighted by Crippen LogP contribution is -2.50. The molecule has 0 saturated carbocycles. The van der Waals surface area contributed by atoms with Crippen LogP contribution in [0.3, 0.4) is 0 Å². The molecule has 0 spiro atoms. The highest BCUT2D eigenvalue weighted by atomic mass is 32.1. The molecule has 16 rings (SSSR count). The van der Waals surface area contributed by atoms with E-state index in [9.17, 15) is 32.3 Å². The van der Waals surface area contributed by atoms with Gasteiger partial charge in [-0.3, -0.25) is 33.9 Å². The second-order valence-corrected chi connectivity index (χ2v) is 35.4. The van der Waals surface area contributed by atoms with E-state index in [0.717, 1.165) is 163 Å². The number of aromatic amines is 5. The Bertz CT molecular complexity index is 5020. The van der Waals surface area contributed by atoms with E-state index in [1.165, 1.54) is 61.3 Å². The predicted molar refractivity (Wildman–Crippen MR) is 489 cm³/mol. The Morgan fingerprint density at radius 3 is 1.41 bits per heavy atom. The smallest absolute Gasteiger partial charge is 0.420 e. The Kier molecular flexibility index (Phi) is 32.5. The number of carbonyl (C=O) groups excluding carboxylic acids is 4. The first kappa shape index (κ1) is 92.1. The molecule has 0 radical (unpaired) electrons. The molecule has 7 atom stereocenters. The van der Waals surface area contributed by atoms with Crippen molar-refractivity contribution in [2.75, 3.05) is 139 Å². The molecule has 8 aromatic heterocycles. The van der Waals surface area contributed by atoms with Gasteiger partial charge in [0.15, 0.2) is 33.9 Å². The fourth-order valence-electron chi connectivity index (χ4n) is 17.5. The number of amides is 1. The van der Waals surface area contributed by atoms with Crippen molar-refractivity contribution >= 4 is 101 Å². The van der Waals surface area contributed by atoms with Gasteiger partial charge in [-0.2, -0.15) is 4.98 Å². The molecule has 7 unspecified atom stereocenters. The summed E-state index contributed by atoms with van der Waals surface area (Å²) in [6.45, 7) is 25.5. The van der Waals surface area contributed by atoms with Crippen LogP contribution in [0.5, 0.6) is 0 Å². The number of nitrogens with zero attached hydrogens (tertiary/aromatic N) is 14. The van der Waals surface area contributed by atoms with Gasteiger partial charge in [0.1, 0.15) is 0 Å². The average Bonchev–Trinajstić information content (AvgIpc) is 1.63. The maximum absolute atomic E-state index is 13.0.